The molecule has 6 nitrogen and oxygen atoms in total. The zero-order valence-electron chi connectivity index (χ0n) is 37.7. The van der Waals surface area contributed by atoms with Crippen LogP contribution in [0.1, 0.15) is 239 Å². The van der Waals surface area contributed by atoms with Crippen LogP contribution < -0.4 is 5.32 Å². The van der Waals surface area contributed by atoms with Gasteiger partial charge in [0.15, 0.2) is 0 Å². The van der Waals surface area contributed by atoms with Gasteiger partial charge in [-0.05, 0) is 70.6 Å². The molecule has 3 atom stereocenters. The third-order valence-electron chi connectivity index (χ3n) is 11.0. The second-order valence-corrected chi connectivity index (χ2v) is 16.5. The Bertz CT molecular complexity index is 988. The second-order valence-electron chi connectivity index (χ2n) is 16.5. The summed E-state index contributed by atoms with van der Waals surface area (Å²) in [5.74, 6) is -0.511. The number of rotatable bonds is 43. The fourth-order valence-corrected chi connectivity index (χ4v) is 7.25. The van der Waals surface area contributed by atoms with Crippen molar-refractivity contribution in [3.63, 3.8) is 0 Å². The molecule has 0 fully saturated rings. The number of ether oxygens (including phenoxy) is 1. The first-order valence-electron chi connectivity index (χ1n) is 24.4. The molecule has 0 radical (unpaired) electrons. The number of allylic oxidation sites excluding steroid dienone is 8. The summed E-state index contributed by atoms with van der Waals surface area (Å²) in [6.45, 7) is 6.33. The van der Waals surface area contributed by atoms with Crippen LogP contribution in [0.2, 0.25) is 0 Å². The molecule has 0 aromatic rings. The van der Waals surface area contributed by atoms with Gasteiger partial charge in [0, 0.05) is 6.42 Å². The first-order chi connectivity index (χ1) is 28.0. The highest BCUT2D eigenvalue weighted by molar-refractivity contribution is 5.77. The number of esters is 1. The lowest BCUT2D eigenvalue weighted by atomic mass is 10.0. The first-order valence-corrected chi connectivity index (χ1v) is 24.4. The van der Waals surface area contributed by atoms with Crippen molar-refractivity contribution in [2.45, 2.75) is 257 Å². The zero-order valence-corrected chi connectivity index (χ0v) is 37.7. The van der Waals surface area contributed by atoms with E-state index in [2.05, 4.69) is 74.7 Å². The number of unbranched alkanes of at least 4 members (excludes halogenated alkanes) is 25. The standard InChI is InChI=1S/C51H93NO5/c1-4-7-10-13-16-19-22-24-26-28-30-33-36-39-42-47(57-51(56)44-41-38-35-32-29-25-23-20-17-14-11-8-5-2)45-50(55)52-48(46-53)49(54)43-40-37-34-31-27-21-18-15-12-9-6-3/h8,11,14,17,20,23,26,28,47-49,53-54H,4-7,9-10,12-13,15-16,18-19,21-22,24-25,27,29-46H2,1-3H3,(H,52,55)/b11-8+,17-14+,23-20-,28-26+. The molecular formula is C51H93NO5. The summed E-state index contributed by atoms with van der Waals surface area (Å²) in [5, 5.41) is 23.7. The molecule has 0 aromatic carbocycles. The minimum atomic E-state index is -0.793. The monoisotopic (exact) mass is 800 g/mol. The Hall–Kier alpha value is -2.18. The Balaban J connectivity index is 4.65. The number of carbonyl (C=O) groups is 2. The minimum absolute atomic E-state index is 0.0589. The molecule has 0 aliphatic carbocycles. The Morgan fingerprint density at radius 1 is 0.526 bits per heavy atom. The van der Waals surface area contributed by atoms with Gasteiger partial charge in [-0.15, -0.1) is 0 Å². The summed E-state index contributed by atoms with van der Waals surface area (Å²) in [7, 11) is 0. The van der Waals surface area contributed by atoms with Gasteiger partial charge in [0.2, 0.25) is 5.91 Å². The van der Waals surface area contributed by atoms with Crippen molar-refractivity contribution >= 4 is 11.9 Å². The molecule has 0 spiro atoms. The SMILES string of the molecule is CC/C=C/C=C/C=C\CCCCCCCC(=O)OC(CCCCC/C=C/CCCCCCCCC)CC(=O)NC(CO)C(O)CCCCCCCCCCCCC. The maximum Gasteiger partial charge on any atom is 0.306 e. The van der Waals surface area contributed by atoms with Crippen molar-refractivity contribution in [2.75, 3.05) is 6.61 Å². The van der Waals surface area contributed by atoms with Gasteiger partial charge in [-0.3, -0.25) is 9.59 Å². The maximum atomic E-state index is 13.2. The molecule has 3 N–H and O–H groups in total. The van der Waals surface area contributed by atoms with Crippen molar-refractivity contribution in [3.8, 4) is 0 Å². The number of aliphatic hydroxyl groups is 2. The summed E-state index contributed by atoms with van der Waals surface area (Å²) >= 11 is 0. The number of nitrogens with one attached hydrogen (secondary N) is 1. The third kappa shape index (κ3) is 40.4. The topological polar surface area (TPSA) is 95.9 Å². The smallest absolute Gasteiger partial charge is 0.306 e. The second kappa shape index (κ2) is 44.9. The van der Waals surface area contributed by atoms with Gasteiger partial charge in [-0.1, -0.05) is 204 Å². The first kappa shape index (κ1) is 54.8. The summed E-state index contributed by atoms with van der Waals surface area (Å²) < 4.78 is 5.90. The van der Waals surface area contributed by atoms with Crippen molar-refractivity contribution in [3.05, 3.63) is 48.6 Å². The van der Waals surface area contributed by atoms with E-state index < -0.39 is 18.2 Å². The van der Waals surface area contributed by atoms with E-state index in [1.54, 1.807) is 0 Å². The molecule has 332 valence electrons. The van der Waals surface area contributed by atoms with E-state index in [1.807, 2.05) is 0 Å². The highest BCUT2D eigenvalue weighted by atomic mass is 16.5. The molecule has 1 amide bonds. The van der Waals surface area contributed by atoms with Gasteiger partial charge in [-0.2, -0.15) is 0 Å². The van der Waals surface area contributed by atoms with E-state index in [0.29, 0.717) is 19.3 Å². The zero-order chi connectivity index (χ0) is 41.7. The Morgan fingerprint density at radius 2 is 0.965 bits per heavy atom. The lowest BCUT2D eigenvalue weighted by Crippen LogP contribution is -2.46. The van der Waals surface area contributed by atoms with Crippen LogP contribution in [0.15, 0.2) is 48.6 Å². The number of hydrogen-bond donors (Lipinski definition) is 3. The van der Waals surface area contributed by atoms with Crippen LogP contribution in [0.5, 0.6) is 0 Å². The fourth-order valence-electron chi connectivity index (χ4n) is 7.25. The van der Waals surface area contributed by atoms with Crippen LogP contribution in [-0.4, -0.2) is 46.9 Å². The van der Waals surface area contributed by atoms with E-state index in [9.17, 15) is 19.8 Å². The highest BCUT2D eigenvalue weighted by Crippen LogP contribution is 2.17. The van der Waals surface area contributed by atoms with Gasteiger partial charge < -0.3 is 20.3 Å². The summed E-state index contributed by atoms with van der Waals surface area (Å²) in [4.78, 5) is 26.0. The number of amides is 1. The number of hydrogen-bond acceptors (Lipinski definition) is 5. The molecule has 6 heteroatoms. The van der Waals surface area contributed by atoms with Gasteiger partial charge in [0.1, 0.15) is 6.10 Å². The highest BCUT2D eigenvalue weighted by Gasteiger charge is 2.24. The molecule has 0 aromatic heterocycles. The van der Waals surface area contributed by atoms with Crippen molar-refractivity contribution < 1.29 is 24.5 Å². The van der Waals surface area contributed by atoms with E-state index >= 15 is 0 Å². The molecule has 0 heterocycles. The number of aliphatic hydroxyl groups excluding tert-OH is 2. The summed E-state index contributed by atoms with van der Waals surface area (Å²) in [6, 6.07) is -0.709. The van der Waals surface area contributed by atoms with Gasteiger partial charge in [0.05, 0.1) is 25.2 Å². The summed E-state index contributed by atoms with van der Waals surface area (Å²) in [5.41, 5.74) is 0. The van der Waals surface area contributed by atoms with Gasteiger partial charge >= 0.3 is 5.97 Å². The lowest BCUT2D eigenvalue weighted by molar-refractivity contribution is -0.151. The molecule has 0 saturated heterocycles. The predicted molar refractivity (Wildman–Crippen MR) is 245 cm³/mol. The molecule has 0 saturated carbocycles. The van der Waals surface area contributed by atoms with Gasteiger partial charge in [-0.25, -0.2) is 0 Å². The average molecular weight is 800 g/mol. The molecule has 0 aliphatic heterocycles. The van der Waals surface area contributed by atoms with E-state index in [-0.39, 0.29) is 24.9 Å². The Kier molecular flexibility index (Phi) is 43.2. The van der Waals surface area contributed by atoms with E-state index in [1.165, 1.54) is 96.3 Å². The molecule has 0 rings (SSSR count). The largest absolute Gasteiger partial charge is 0.462 e. The normalized spacial score (nSPS) is 13.7. The minimum Gasteiger partial charge on any atom is -0.462 e. The average Bonchev–Trinajstić information content (AvgIpc) is 3.20. The predicted octanol–water partition coefficient (Wildman–Crippen LogP) is 14.3. The molecule has 0 aliphatic rings. The Morgan fingerprint density at radius 3 is 1.49 bits per heavy atom. The van der Waals surface area contributed by atoms with Crippen LogP contribution >= 0.6 is 0 Å². The molecule has 3 unspecified atom stereocenters. The fraction of sp³-hybridized carbons (Fsp3) is 0.804. The molecular weight excluding hydrogens is 707 g/mol. The lowest BCUT2D eigenvalue weighted by Gasteiger charge is -2.24. The maximum absolute atomic E-state index is 13.2. The van der Waals surface area contributed by atoms with Crippen LogP contribution in [0.25, 0.3) is 0 Å². The van der Waals surface area contributed by atoms with Crippen molar-refractivity contribution in [2.24, 2.45) is 0 Å². The number of carbonyl (C=O) groups excluding carboxylic acids is 2. The van der Waals surface area contributed by atoms with E-state index in [4.69, 9.17) is 4.74 Å². The van der Waals surface area contributed by atoms with Crippen molar-refractivity contribution in [1.82, 2.24) is 5.32 Å². The van der Waals surface area contributed by atoms with Crippen LogP contribution in [0.3, 0.4) is 0 Å². The van der Waals surface area contributed by atoms with Crippen molar-refractivity contribution in [1.29, 1.82) is 0 Å². The van der Waals surface area contributed by atoms with Crippen LogP contribution in [0, 0.1) is 0 Å². The van der Waals surface area contributed by atoms with Gasteiger partial charge in [0.25, 0.3) is 0 Å². The molecule has 0 bridgehead atoms. The third-order valence-corrected chi connectivity index (χ3v) is 11.0. The Labute approximate surface area is 353 Å². The van der Waals surface area contributed by atoms with E-state index in [0.717, 1.165) is 96.3 Å². The quantitative estimate of drug-likeness (QED) is 0.0247. The summed E-state index contributed by atoms with van der Waals surface area (Å²) in [6.07, 6.45) is 53.1. The molecule has 57 heavy (non-hydrogen) atoms. The van der Waals surface area contributed by atoms with Crippen LogP contribution in [0.4, 0.5) is 0 Å². The van der Waals surface area contributed by atoms with Crippen LogP contribution in [-0.2, 0) is 14.3 Å².